The van der Waals surface area contributed by atoms with Crippen LogP contribution in [0.15, 0.2) is 0 Å². The third kappa shape index (κ3) is 4.41. The fourth-order valence-corrected chi connectivity index (χ4v) is 3.83. The van der Waals surface area contributed by atoms with E-state index in [-0.39, 0.29) is 12.0 Å². The second-order valence-electron chi connectivity index (χ2n) is 6.78. The molecule has 5 heteroatoms. The van der Waals surface area contributed by atoms with E-state index in [9.17, 15) is 4.79 Å². The van der Waals surface area contributed by atoms with Gasteiger partial charge in [0.2, 0.25) is 5.91 Å². The normalized spacial score (nSPS) is 31.0. The van der Waals surface area contributed by atoms with Crippen LogP contribution in [0.2, 0.25) is 0 Å². The van der Waals surface area contributed by atoms with E-state index in [4.69, 9.17) is 4.74 Å². The maximum Gasteiger partial charge on any atom is 0.220 e. The number of morpholine rings is 1. The van der Waals surface area contributed by atoms with Gasteiger partial charge in [0, 0.05) is 25.6 Å². The van der Waals surface area contributed by atoms with Crippen LogP contribution in [0.5, 0.6) is 0 Å². The van der Waals surface area contributed by atoms with E-state index < -0.39 is 0 Å². The number of hydrogen-bond donors (Lipinski definition) is 2. The fraction of sp³-hybridized carbons (Fsp3) is 0.938. The molecule has 0 aromatic carbocycles. The van der Waals surface area contributed by atoms with Crippen molar-refractivity contribution in [2.75, 3.05) is 39.3 Å². The van der Waals surface area contributed by atoms with E-state index in [1.165, 1.54) is 32.2 Å². The van der Waals surface area contributed by atoms with Crippen LogP contribution in [0, 0.1) is 5.92 Å². The number of hydrogen-bond acceptors (Lipinski definition) is 4. The lowest BCUT2D eigenvalue weighted by molar-refractivity contribution is -0.122. The van der Waals surface area contributed by atoms with Crippen molar-refractivity contribution < 1.29 is 9.53 Å². The Morgan fingerprint density at radius 3 is 3.00 bits per heavy atom. The Morgan fingerprint density at radius 1 is 1.29 bits per heavy atom. The molecule has 0 aromatic heterocycles. The SMILES string of the molecule is O=C(CCC1CCNCC1)NCC1CN2CCCC2CO1. The minimum Gasteiger partial charge on any atom is -0.373 e. The minimum absolute atomic E-state index is 0.183. The Bertz CT molecular complexity index is 344. The molecule has 5 nitrogen and oxygen atoms in total. The second kappa shape index (κ2) is 7.56. The minimum atomic E-state index is 0.183. The van der Waals surface area contributed by atoms with Crippen LogP contribution >= 0.6 is 0 Å². The van der Waals surface area contributed by atoms with Crippen molar-refractivity contribution in [2.24, 2.45) is 5.92 Å². The van der Waals surface area contributed by atoms with Gasteiger partial charge in [0.05, 0.1) is 12.7 Å². The molecular weight excluding hydrogens is 266 g/mol. The van der Waals surface area contributed by atoms with E-state index in [1.54, 1.807) is 0 Å². The topological polar surface area (TPSA) is 53.6 Å². The molecule has 3 fully saturated rings. The molecule has 3 aliphatic rings. The lowest BCUT2D eigenvalue weighted by Gasteiger charge is -2.35. The molecule has 0 saturated carbocycles. The van der Waals surface area contributed by atoms with Crippen molar-refractivity contribution in [2.45, 2.75) is 50.7 Å². The average Bonchev–Trinajstić information content (AvgIpc) is 2.99. The first-order valence-corrected chi connectivity index (χ1v) is 8.64. The molecule has 0 radical (unpaired) electrons. The molecule has 21 heavy (non-hydrogen) atoms. The fourth-order valence-electron chi connectivity index (χ4n) is 3.83. The molecule has 0 aliphatic carbocycles. The smallest absolute Gasteiger partial charge is 0.220 e. The van der Waals surface area contributed by atoms with Crippen LogP contribution in [0.3, 0.4) is 0 Å². The van der Waals surface area contributed by atoms with Gasteiger partial charge in [0.25, 0.3) is 0 Å². The monoisotopic (exact) mass is 295 g/mol. The number of fused-ring (bicyclic) bond motifs is 1. The largest absolute Gasteiger partial charge is 0.373 e. The summed E-state index contributed by atoms with van der Waals surface area (Å²) >= 11 is 0. The second-order valence-corrected chi connectivity index (χ2v) is 6.78. The van der Waals surface area contributed by atoms with Crippen LogP contribution in [0.4, 0.5) is 0 Å². The van der Waals surface area contributed by atoms with Crippen LogP contribution in [-0.4, -0.2) is 62.3 Å². The molecule has 3 heterocycles. The van der Waals surface area contributed by atoms with Crippen molar-refractivity contribution in [3.8, 4) is 0 Å². The highest BCUT2D eigenvalue weighted by Gasteiger charge is 2.32. The Balaban J connectivity index is 1.30. The third-order valence-electron chi connectivity index (χ3n) is 5.23. The molecule has 3 aliphatic heterocycles. The summed E-state index contributed by atoms with van der Waals surface area (Å²) in [7, 11) is 0. The van der Waals surface area contributed by atoms with Gasteiger partial charge in [-0.2, -0.15) is 0 Å². The van der Waals surface area contributed by atoms with E-state index >= 15 is 0 Å². The predicted octanol–water partition coefficient (Wildman–Crippen LogP) is 0.746. The van der Waals surface area contributed by atoms with Gasteiger partial charge in [0.15, 0.2) is 0 Å². The number of nitrogens with zero attached hydrogens (tertiary/aromatic N) is 1. The van der Waals surface area contributed by atoms with Gasteiger partial charge in [-0.1, -0.05) is 0 Å². The molecule has 2 atom stereocenters. The molecule has 1 amide bonds. The number of nitrogens with one attached hydrogen (secondary N) is 2. The average molecular weight is 295 g/mol. The van der Waals surface area contributed by atoms with Crippen molar-refractivity contribution >= 4 is 5.91 Å². The maximum absolute atomic E-state index is 12.0. The van der Waals surface area contributed by atoms with Crippen LogP contribution in [0.25, 0.3) is 0 Å². The predicted molar refractivity (Wildman–Crippen MR) is 82.2 cm³/mol. The Labute approximate surface area is 127 Å². The summed E-state index contributed by atoms with van der Waals surface area (Å²) in [6.07, 6.45) is 6.89. The van der Waals surface area contributed by atoms with Gasteiger partial charge in [-0.3, -0.25) is 9.69 Å². The van der Waals surface area contributed by atoms with Crippen molar-refractivity contribution in [3.05, 3.63) is 0 Å². The zero-order valence-corrected chi connectivity index (χ0v) is 13.0. The summed E-state index contributed by atoms with van der Waals surface area (Å²) < 4.78 is 5.87. The number of carbonyl (C=O) groups excluding carboxylic acids is 1. The van der Waals surface area contributed by atoms with Gasteiger partial charge in [-0.25, -0.2) is 0 Å². The molecule has 2 unspecified atom stereocenters. The zero-order valence-electron chi connectivity index (χ0n) is 13.0. The van der Waals surface area contributed by atoms with Crippen LogP contribution in [0.1, 0.15) is 38.5 Å². The van der Waals surface area contributed by atoms with Crippen molar-refractivity contribution in [1.82, 2.24) is 15.5 Å². The number of ether oxygens (including phenoxy) is 1. The molecule has 2 N–H and O–H groups in total. The molecule has 0 aromatic rings. The Kier molecular flexibility index (Phi) is 5.49. The van der Waals surface area contributed by atoms with Gasteiger partial charge in [0.1, 0.15) is 0 Å². The molecular formula is C16H29N3O2. The molecule has 3 saturated heterocycles. The highest BCUT2D eigenvalue weighted by Crippen LogP contribution is 2.22. The maximum atomic E-state index is 12.0. The lowest BCUT2D eigenvalue weighted by Crippen LogP contribution is -2.50. The van der Waals surface area contributed by atoms with E-state index in [0.29, 0.717) is 19.0 Å². The number of piperidine rings is 1. The van der Waals surface area contributed by atoms with Crippen LogP contribution in [-0.2, 0) is 9.53 Å². The van der Waals surface area contributed by atoms with Crippen molar-refractivity contribution in [3.63, 3.8) is 0 Å². The lowest BCUT2D eigenvalue weighted by atomic mass is 9.93. The zero-order chi connectivity index (χ0) is 14.5. The molecule has 120 valence electrons. The molecule has 0 bridgehead atoms. The van der Waals surface area contributed by atoms with Gasteiger partial charge in [-0.05, 0) is 57.7 Å². The number of carbonyl (C=O) groups is 1. The first kappa shape index (κ1) is 15.3. The summed E-state index contributed by atoms with van der Waals surface area (Å²) in [5.74, 6) is 0.925. The highest BCUT2D eigenvalue weighted by atomic mass is 16.5. The quantitative estimate of drug-likeness (QED) is 0.786. The van der Waals surface area contributed by atoms with E-state index in [1.807, 2.05) is 0 Å². The van der Waals surface area contributed by atoms with Crippen LogP contribution < -0.4 is 10.6 Å². The Hall–Kier alpha value is -0.650. The van der Waals surface area contributed by atoms with Gasteiger partial charge in [-0.15, -0.1) is 0 Å². The first-order valence-electron chi connectivity index (χ1n) is 8.64. The number of amides is 1. The van der Waals surface area contributed by atoms with Gasteiger partial charge >= 0.3 is 0 Å². The standard InChI is InChI=1S/C16H29N3O2/c20-16(4-3-13-5-7-17-8-6-13)18-10-15-11-19-9-1-2-14(19)12-21-15/h13-15,17H,1-12H2,(H,18,20). The van der Waals surface area contributed by atoms with Gasteiger partial charge < -0.3 is 15.4 Å². The highest BCUT2D eigenvalue weighted by molar-refractivity contribution is 5.75. The first-order chi connectivity index (χ1) is 10.3. The number of rotatable bonds is 5. The summed E-state index contributed by atoms with van der Waals surface area (Å²) in [5.41, 5.74) is 0. The third-order valence-corrected chi connectivity index (χ3v) is 5.23. The molecule has 3 rings (SSSR count). The summed E-state index contributed by atoms with van der Waals surface area (Å²) in [4.78, 5) is 14.5. The van der Waals surface area contributed by atoms with Crippen molar-refractivity contribution in [1.29, 1.82) is 0 Å². The summed E-state index contributed by atoms with van der Waals surface area (Å²) in [6, 6.07) is 0.636. The summed E-state index contributed by atoms with van der Waals surface area (Å²) in [5, 5.41) is 6.43. The summed E-state index contributed by atoms with van der Waals surface area (Å²) in [6.45, 7) is 5.93. The Morgan fingerprint density at radius 2 is 2.14 bits per heavy atom. The molecule has 0 spiro atoms. The van der Waals surface area contributed by atoms with E-state index in [2.05, 4.69) is 15.5 Å². The van der Waals surface area contributed by atoms with E-state index in [0.717, 1.165) is 38.6 Å².